The van der Waals surface area contributed by atoms with E-state index in [0.717, 1.165) is 38.9 Å². The summed E-state index contributed by atoms with van der Waals surface area (Å²) in [6.07, 6.45) is 3.76. The summed E-state index contributed by atoms with van der Waals surface area (Å²) in [5.74, 6) is -0.362. The van der Waals surface area contributed by atoms with Crippen molar-refractivity contribution in [3.8, 4) is 0 Å². The van der Waals surface area contributed by atoms with E-state index < -0.39 is 5.60 Å². The molecule has 0 N–H and O–H groups in total. The van der Waals surface area contributed by atoms with Crippen molar-refractivity contribution in [3.63, 3.8) is 0 Å². The number of carbonyl (C=O) groups excluding carboxylic acids is 1. The lowest BCUT2D eigenvalue weighted by atomic mass is 10.2. The maximum atomic E-state index is 11.4. The fraction of sp³-hybridized carbons (Fsp3) is 0.944. The molecular weight excluding hydrogens is 354 g/mol. The summed E-state index contributed by atoms with van der Waals surface area (Å²) in [4.78, 5) is 14.1. The number of hydrogen-bond acceptors (Lipinski definition) is 7. The molecule has 0 rings (SSSR count). The van der Waals surface area contributed by atoms with E-state index in [-0.39, 0.29) is 12.6 Å². The van der Waals surface area contributed by atoms with Gasteiger partial charge in [-0.3, -0.25) is 0 Å². The van der Waals surface area contributed by atoms with Gasteiger partial charge in [-0.1, -0.05) is 5.11 Å². The largest absolute Gasteiger partial charge is 0.458 e. The summed E-state index contributed by atoms with van der Waals surface area (Å²) in [7, 11) is 0. The van der Waals surface area contributed by atoms with E-state index in [0.29, 0.717) is 39.6 Å². The number of nitrogens with zero attached hydrogens (tertiary/aromatic N) is 3. The summed E-state index contributed by atoms with van der Waals surface area (Å²) in [6, 6.07) is 0. The quantitative estimate of drug-likeness (QED) is 0.117. The van der Waals surface area contributed by atoms with Gasteiger partial charge in [-0.15, -0.1) is 0 Å². The molecular formula is C18H35N3O6. The Morgan fingerprint density at radius 1 is 0.815 bits per heavy atom. The van der Waals surface area contributed by atoms with Gasteiger partial charge < -0.3 is 23.7 Å². The number of ether oxygens (including phenoxy) is 5. The Labute approximate surface area is 162 Å². The third-order valence-electron chi connectivity index (χ3n) is 3.07. The molecule has 9 nitrogen and oxygen atoms in total. The number of unbranched alkanes of at least 4 members (excludes halogenated alkanes) is 2. The van der Waals surface area contributed by atoms with Gasteiger partial charge in [0.25, 0.3) is 0 Å². The van der Waals surface area contributed by atoms with Crippen LogP contribution >= 0.6 is 0 Å². The van der Waals surface area contributed by atoms with Gasteiger partial charge in [0.1, 0.15) is 12.2 Å². The second-order valence-corrected chi connectivity index (χ2v) is 6.84. The van der Waals surface area contributed by atoms with Crippen LogP contribution in [0.4, 0.5) is 0 Å². The highest BCUT2D eigenvalue weighted by molar-refractivity contribution is 5.71. The standard InChI is InChI=1S/C18H35N3O6/c1-18(2,3)27-17(22)16-26-15-14-25-12-7-5-10-23-9-4-6-11-24-13-8-20-21-19/h4-16H2,1-3H3. The highest BCUT2D eigenvalue weighted by atomic mass is 16.6. The zero-order valence-corrected chi connectivity index (χ0v) is 17.0. The first-order chi connectivity index (χ1) is 13.0. The molecule has 0 atom stereocenters. The van der Waals surface area contributed by atoms with Crippen LogP contribution in [0.25, 0.3) is 10.4 Å². The first-order valence-electron chi connectivity index (χ1n) is 9.49. The third-order valence-corrected chi connectivity index (χ3v) is 3.07. The van der Waals surface area contributed by atoms with Crippen LogP contribution < -0.4 is 0 Å². The molecule has 0 fully saturated rings. The number of carbonyl (C=O) groups is 1. The lowest BCUT2D eigenvalue weighted by Crippen LogP contribution is -2.27. The van der Waals surface area contributed by atoms with Crippen molar-refractivity contribution in [3.05, 3.63) is 10.4 Å². The van der Waals surface area contributed by atoms with E-state index >= 15 is 0 Å². The monoisotopic (exact) mass is 389 g/mol. The van der Waals surface area contributed by atoms with E-state index in [2.05, 4.69) is 10.0 Å². The molecule has 0 radical (unpaired) electrons. The minimum atomic E-state index is -0.485. The number of esters is 1. The minimum absolute atomic E-state index is 0.0483. The van der Waals surface area contributed by atoms with Crippen molar-refractivity contribution in [2.45, 2.75) is 52.1 Å². The zero-order valence-electron chi connectivity index (χ0n) is 17.0. The molecule has 0 aromatic heterocycles. The summed E-state index contributed by atoms with van der Waals surface area (Å²) in [5, 5.41) is 3.39. The molecule has 0 aliphatic heterocycles. The second kappa shape index (κ2) is 18.0. The SMILES string of the molecule is CC(C)(C)OC(=O)COCCOCCCCOCCCCOCCN=[N+]=[N-]. The van der Waals surface area contributed by atoms with Crippen LogP contribution in [0.15, 0.2) is 5.11 Å². The van der Waals surface area contributed by atoms with E-state index in [4.69, 9.17) is 29.2 Å². The fourth-order valence-electron chi connectivity index (χ4n) is 1.92. The Morgan fingerprint density at radius 2 is 1.30 bits per heavy atom. The van der Waals surface area contributed by atoms with Crippen LogP contribution in [0, 0.1) is 0 Å². The third kappa shape index (κ3) is 22.6. The van der Waals surface area contributed by atoms with Gasteiger partial charge in [-0.05, 0) is 52.0 Å². The molecule has 0 aliphatic carbocycles. The average Bonchev–Trinajstić information content (AvgIpc) is 2.59. The van der Waals surface area contributed by atoms with Crippen LogP contribution in [-0.2, 0) is 28.5 Å². The number of hydrogen-bond donors (Lipinski definition) is 0. The van der Waals surface area contributed by atoms with Crippen molar-refractivity contribution in [1.82, 2.24) is 0 Å². The van der Waals surface area contributed by atoms with E-state index in [9.17, 15) is 4.79 Å². The van der Waals surface area contributed by atoms with Crippen LogP contribution in [0.2, 0.25) is 0 Å². The molecule has 0 saturated heterocycles. The molecule has 0 spiro atoms. The Balaban J connectivity index is 3.15. The topological polar surface area (TPSA) is 112 Å². The van der Waals surface area contributed by atoms with Crippen LogP contribution in [0.1, 0.15) is 46.5 Å². The highest BCUT2D eigenvalue weighted by Gasteiger charge is 2.15. The Hall–Kier alpha value is -1.38. The van der Waals surface area contributed by atoms with Crippen molar-refractivity contribution in [2.75, 3.05) is 59.4 Å². The molecule has 9 heteroatoms. The van der Waals surface area contributed by atoms with Crippen LogP contribution in [-0.4, -0.2) is 71.0 Å². The van der Waals surface area contributed by atoms with Crippen molar-refractivity contribution in [1.29, 1.82) is 0 Å². The Bertz CT molecular complexity index is 408. The predicted octanol–water partition coefficient (Wildman–Crippen LogP) is 3.27. The van der Waals surface area contributed by atoms with E-state index in [1.807, 2.05) is 20.8 Å². The molecule has 0 unspecified atom stereocenters. The smallest absolute Gasteiger partial charge is 0.332 e. The van der Waals surface area contributed by atoms with Crippen LogP contribution in [0.3, 0.4) is 0 Å². The van der Waals surface area contributed by atoms with Crippen molar-refractivity contribution in [2.24, 2.45) is 5.11 Å². The van der Waals surface area contributed by atoms with E-state index in [1.54, 1.807) is 0 Å². The van der Waals surface area contributed by atoms with Crippen LogP contribution in [0.5, 0.6) is 0 Å². The number of rotatable bonds is 18. The first kappa shape index (κ1) is 25.6. The van der Waals surface area contributed by atoms with Gasteiger partial charge in [0.2, 0.25) is 0 Å². The summed E-state index contributed by atoms with van der Waals surface area (Å²) in [5.41, 5.74) is 7.61. The zero-order chi connectivity index (χ0) is 20.2. The maximum Gasteiger partial charge on any atom is 0.332 e. The first-order valence-corrected chi connectivity index (χ1v) is 9.49. The van der Waals surface area contributed by atoms with Gasteiger partial charge in [0.15, 0.2) is 0 Å². The van der Waals surface area contributed by atoms with E-state index in [1.165, 1.54) is 0 Å². The molecule has 0 bridgehead atoms. The molecule has 0 saturated carbocycles. The number of azide groups is 1. The lowest BCUT2D eigenvalue weighted by Gasteiger charge is -2.19. The van der Waals surface area contributed by atoms with Gasteiger partial charge in [-0.2, -0.15) is 0 Å². The Kier molecular flexibility index (Phi) is 17.1. The molecule has 0 aromatic rings. The molecule has 0 aromatic carbocycles. The molecule has 0 aliphatic rings. The summed E-state index contributed by atoms with van der Waals surface area (Å²) in [6.45, 7) is 9.86. The highest BCUT2D eigenvalue weighted by Crippen LogP contribution is 2.06. The summed E-state index contributed by atoms with van der Waals surface area (Å²) >= 11 is 0. The molecule has 0 amide bonds. The van der Waals surface area contributed by atoms with Crippen molar-refractivity contribution >= 4 is 5.97 Å². The fourth-order valence-corrected chi connectivity index (χ4v) is 1.92. The Morgan fingerprint density at radius 3 is 1.81 bits per heavy atom. The normalized spacial score (nSPS) is 11.2. The van der Waals surface area contributed by atoms with Gasteiger partial charge >= 0.3 is 5.97 Å². The van der Waals surface area contributed by atoms with Crippen molar-refractivity contribution < 1.29 is 28.5 Å². The predicted molar refractivity (Wildman–Crippen MR) is 102 cm³/mol. The van der Waals surface area contributed by atoms with Gasteiger partial charge in [0.05, 0.1) is 19.8 Å². The summed E-state index contributed by atoms with van der Waals surface area (Å²) < 4.78 is 26.6. The van der Waals surface area contributed by atoms with Gasteiger partial charge in [-0.25, -0.2) is 4.79 Å². The maximum absolute atomic E-state index is 11.4. The minimum Gasteiger partial charge on any atom is -0.458 e. The molecule has 27 heavy (non-hydrogen) atoms. The lowest BCUT2D eigenvalue weighted by molar-refractivity contribution is -0.160. The second-order valence-electron chi connectivity index (χ2n) is 6.84. The van der Waals surface area contributed by atoms with Gasteiger partial charge in [0, 0.05) is 37.9 Å². The molecule has 158 valence electrons. The molecule has 0 heterocycles. The average molecular weight is 389 g/mol.